The summed E-state index contributed by atoms with van der Waals surface area (Å²) >= 11 is 1.38. The quantitative estimate of drug-likeness (QED) is 0.852. The second-order valence-corrected chi connectivity index (χ2v) is 6.12. The summed E-state index contributed by atoms with van der Waals surface area (Å²) in [5, 5.41) is 5.10. The van der Waals surface area contributed by atoms with Crippen LogP contribution in [-0.2, 0) is 11.2 Å². The molecule has 120 valence electrons. The lowest BCUT2D eigenvalue weighted by atomic mass is 10.1. The van der Waals surface area contributed by atoms with Crippen LogP contribution in [0.2, 0.25) is 0 Å². The van der Waals surface area contributed by atoms with Gasteiger partial charge < -0.3 is 9.47 Å². The van der Waals surface area contributed by atoms with Gasteiger partial charge in [-0.15, -0.1) is 11.3 Å². The number of benzene rings is 1. The number of rotatable bonds is 5. The molecule has 2 aromatic rings. The van der Waals surface area contributed by atoms with Gasteiger partial charge in [0.2, 0.25) is 5.91 Å². The van der Waals surface area contributed by atoms with Gasteiger partial charge in [-0.2, -0.15) is 0 Å². The number of hydrogen-bond donors (Lipinski definition) is 1. The Hall–Kier alpha value is -2.34. The SMILES string of the molecule is CCOc1cc2c(cc1/C=C/C(=O)Nc1nccs1)OC(C)C2. The summed E-state index contributed by atoms with van der Waals surface area (Å²) in [6, 6.07) is 3.93. The van der Waals surface area contributed by atoms with Crippen LogP contribution in [0.25, 0.3) is 6.08 Å². The summed E-state index contributed by atoms with van der Waals surface area (Å²) < 4.78 is 11.5. The van der Waals surface area contributed by atoms with Crippen LogP contribution < -0.4 is 14.8 Å². The van der Waals surface area contributed by atoms with E-state index in [-0.39, 0.29) is 12.0 Å². The van der Waals surface area contributed by atoms with Crippen molar-refractivity contribution in [1.82, 2.24) is 4.98 Å². The molecule has 0 fully saturated rings. The van der Waals surface area contributed by atoms with E-state index in [0.717, 1.165) is 29.0 Å². The van der Waals surface area contributed by atoms with E-state index in [1.807, 2.05) is 31.4 Å². The fourth-order valence-electron chi connectivity index (χ4n) is 2.46. The molecule has 0 saturated carbocycles. The Bertz CT molecular complexity index is 726. The molecule has 0 aliphatic carbocycles. The molecule has 1 aromatic carbocycles. The number of amides is 1. The Balaban J connectivity index is 1.79. The van der Waals surface area contributed by atoms with Crippen LogP contribution >= 0.6 is 11.3 Å². The average Bonchev–Trinajstić information content (AvgIpc) is 3.13. The van der Waals surface area contributed by atoms with Crippen molar-refractivity contribution in [3.8, 4) is 11.5 Å². The number of anilines is 1. The molecule has 6 heteroatoms. The number of ether oxygens (including phenoxy) is 2. The van der Waals surface area contributed by atoms with Gasteiger partial charge >= 0.3 is 0 Å². The Morgan fingerprint density at radius 3 is 3.17 bits per heavy atom. The molecule has 23 heavy (non-hydrogen) atoms. The first kappa shape index (κ1) is 15.6. The smallest absolute Gasteiger partial charge is 0.250 e. The van der Waals surface area contributed by atoms with Gasteiger partial charge in [0.1, 0.15) is 17.6 Å². The van der Waals surface area contributed by atoms with Crippen molar-refractivity contribution in [2.45, 2.75) is 26.4 Å². The first-order chi connectivity index (χ1) is 11.2. The van der Waals surface area contributed by atoms with Crippen LogP contribution in [0.4, 0.5) is 5.13 Å². The van der Waals surface area contributed by atoms with E-state index < -0.39 is 0 Å². The summed E-state index contributed by atoms with van der Waals surface area (Å²) in [4.78, 5) is 16.0. The molecule has 5 nitrogen and oxygen atoms in total. The summed E-state index contributed by atoms with van der Waals surface area (Å²) in [6.45, 7) is 4.55. The molecule has 0 saturated heterocycles. The van der Waals surface area contributed by atoms with Crippen LogP contribution in [0, 0.1) is 0 Å². The maximum Gasteiger partial charge on any atom is 0.250 e. The molecule has 1 aliphatic heterocycles. The minimum atomic E-state index is -0.225. The fourth-order valence-corrected chi connectivity index (χ4v) is 3.00. The molecule has 1 N–H and O–H groups in total. The van der Waals surface area contributed by atoms with Crippen molar-refractivity contribution < 1.29 is 14.3 Å². The predicted molar refractivity (Wildman–Crippen MR) is 91.2 cm³/mol. The minimum Gasteiger partial charge on any atom is -0.493 e. The van der Waals surface area contributed by atoms with E-state index in [1.165, 1.54) is 17.4 Å². The third-order valence-corrected chi connectivity index (χ3v) is 4.09. The molecular formula is C17H18N2O3S. The second-order valence-electron chi connectivity index (χ2n) is 5.22. The highest BCUT2D eigenvalue weighted by molar-refractivity contribution is 7.13. The average molecular weight is 330 g/mol. The lowest BCUT2D eigenvalue weighted by Crippen LogP contribution is -2.07. The van der Waals surface area contributed by atoms with E-state index in [4.69, 9.17) is 9.47 Å². The van der Waals surface area contributed by atoms with Gasteiger partial charge in [-0.25, -0.2) is 4.98 Å². The molecule has 0 bridgehead atoms. The number of carbonyl (C=O) groups is 1. The standard InChI is InChI=1S/C17H18N2O3S/c1-3-21-14-10-13-8-11(2)22-15(13)9-12(14)4-5-16(20)19-17-18-6-7-23-17/h4-7,9-11H,3,8H2,1-2H3,(H,18,19,20)/b5-4+. The van der Waals surface area contributed by atoms with E-state index in [2.05, 4.69) is 10.3 Å². The normalized spacial score (nSPS) is 16.2. The lowest BCUT2D eigenvalue weighted by molar-refractivity contribution is -0.111. The van der Waals surface area contributed by atoms with Gasteiger partial charge in [-0.05, 0) is 32.1 Å². The number of carbonyl (C=O) groups excluding carboxylic acids is 1. The van der Waals surface area contributed by atoms with E-state index >= 15 is 0 Å². The van der Waals surface area contributed by atoms with Crippen LogP contribution in [0.5, 0.6) is 11.5 Å². The van der Waals surface area contributed by atoms with Crippen LogP contribution in [0.15, 0.2) is 29.8 Å². The topological polar surface area (TPSA) is 60.5 Å². The number of nitrogens with zero attached hydrogens (tertiary/aromatic N) is 1. The summed E-state index contributed by atoms with van der Waals surface area (Å²) in [6.07, 6.45) is 5.91. The molecule has 3 rings (SSSR count). The molecular weight excluding hydrogens is 312 g/mol. The number of aromatic nitrogens is 1. The Morgan fingerprint density at radius 1 is 1.57 bits per heavy atom. The highest BCUT2D eigenvalue weighted by Gasteiger charge is 2.21. The highest BCUT2D eigenvalue weighted by Crippen LogP contribution is 2.35. The summed E-state index contributed by atoms with van der Waals surface area (Å²) in [5.41, 5.74) is 1.97. The fraction of sp³-hybridized carbons (Fsp3) is 0.294. The number of nitrogens with one attached hydrogen (secondary N) is 1. The second kappa shape index (κ2) is 6.83. The maximum absolute atomic E-state index is 11.9. The summed E-state index contributed by atoms with van der Waals surface area (Å²) in [5.74, 6) is 1.40. The predicted octanol–water partition coefficient (Wildman–Crippen LogP) is 3.52. The van der Waals surface area contributed by atoms with Gasteiger partial charge in [0.15, 0.2) is 5.13 Å². The van der Waals surface area contributed by atoms with E-state index in [1.54, 1.807) is 12.3 Å². The van der Waals surface area contributed by atoms with Crippen LogP contribution in [0.3, 0.4) is 0 Å². The summed E-state index contributed by atoms with van der Waals surface area (Å²) in [7, 11) is 0. The number of hydrogen-bond acceptors (Lipinski definition) is 5. The van der Waals surface area contributed by atoms with Gasteiger partial charge in [-0.3, -0.25) is 10.1 Å². The molecule has 0 radical (unpaired) electrons. The van der Waals surface area contributed by atoms with Gasteiger partial charge in [0.25, 0.3) is 0 Å². The molecule has 0 spiro atoms. The number of thiazole rings is 1. The van der Waals surface area contributed by atoms with Crippen LogP contribution in [-0.4, -0.2) is 23.6 Å². The monoisotopic (exact) mass is 330 g/mol. The van der Waals surface area contributed by atoms with Crippen molar-refractivity contribution in [3.05, 3.63) is 40.9 Å². The third-order valence-electron chi connectivity index (χ3n) is 3.41. The lowest BCUT2D eigenvalue weighted by Gasteiger charge is -2.10. The molecule has 1 amide bonds. The van der Waals surface area contributed by atoms with Gasteiger partial charge in [-0.1, -0.05) is 0 Å². The van der Waals surface area contributed by atoms with E-state index in [0.29, 0.717) is 11.7 Å². The molecule has 1 aliphatic rings. The van der Waals surface area contributed by atoms with Crippen molar-refractivity contribution >= 4 is 28.5 Å². The molecule has 2 heterocycles. The van der Waals surface area contributed by atoms with Crippen molar-refractivity contribution in [2.75, 3.05) is 11.9 Å². The highest BCUT2D eigenvalue weighted by atomic mass is 32.1. The zero-order valence-corrected chi connectivity index (χ0v) is 13.9. The zero-order chi connectivity index (χ0) is 16.2. The zero-order valence-electron chi connectivity index (χ0n) is 13.0. The Morgan fingerprint density at radius 2 is 2.43 bits per heavy atom. The number of fused-ring (bicyclic) bond motifs is 1. The molecule has 1 atom stereocenters. The van der Waals surface area contributed by atoms with Crippen molar-refractivity contribution in [2.24, 2.45) is 0 Å². The Kier molecular flexibility index (Phi) is 4.62. The third kappa shape index (κ3) is 3.71. The maximum atomic E-state index is 11.9. The Labute approximate surface area is 139 Å². The minimum absolute atomic E-state index is 0.173. The van der Waals surface area contributed by atoms with E-state index in [9.17, 15) is 4.79 Å². The first-order valence-electron chi connectivity index (χ1n) is 7.50. The van der Waals surface area contributed by atoms with Gasteiger partial charge in [0, 0.05) is 35.2 Å². The first-order valence-corrected chi connectivity index (χ1v) is 8.38. The molecule has 1 unspecified atom stereocenters. The van der Waals surface area contributed by atoms with Crippen molar-refractivity contribution in [3.63, 3.8) is 0 Å². The van der Waals surface area contributed by atoms with Crippen LogP contribution in [0.1, 0.15) is 25.0 Å². The molecule has 1 aromatic heterocycles. The largest absolute Gasteiger partial charge is 0.493 e. The van der Waals surface area contributed by atoms with Crippen molar-refractivity contribution in [1.29, 1.82) is 0 Å². The van der Waals surface area contributed by atoms with Gasteiger partial charge in [0.05, 0.1) is 6.61 Å².